The van der Waals surface area contributed by atoms with E-state index < -0.39 is 5.97 Å². The van der Waals surface area contributed by atoms with Crippen molar-refractivity contribution < 1.29 is 19.4 Å². The number of pyridine rings is 1. The maximum Gasteiger partial charge on any atom is 0.337 e. The van der Waals surface area contributed by atoms with Gasteiger partial charge in [0.25, 0.3) is 0 Å². The maximum absolute atomic E-state index is 11.1. The smallest absolute Gasteiger partial charge is 0.337 e. The van der Waals surface area contributed by atoms with Gasteiger partial charge in [0, 0.05) is 18.0 Å². The molecule has 1 aromatic heterocycles. The Morgan fingerprint density at radius 3 is 2.25 bits per heavy atom. The van der Waals surface area contributed by atoms with E-state index >= 15 is 0 Å². The van der Waals surface area contributed by atoms with Gasteiger partial charge in [-0.2, -0.15) is 0 Å². The molecule has 0 fully saturated rings. The van der Waals surface area contributed by atoms with E-state index in [0.29, 0.717) is 0 Å². The molecule has 0 aliphatic carbocycles. The Morgan fingerprint density at radius 2 is 1.50 bits per heavy atom. The Balaban J connectivity index is 1.65. The normalized spacial score (nSPS) is 12.2. The number of hydrogen-bond donors (Lipinski definition) is 1. The Labute approximate surface area is 138 Å². The van der Waals surface area contributed by atoms with Crippen LogP contribution >= 0.6 is 0 Å². The van der Waals surface area contributed by atoms with Crippen molar-refractivity contribution >= 4 is 5.97 Å². The summed E-state index contributed by atoms with van der Waals surface area (Å²) in [4.78, 5) is 15.0. The predicted octanol–water partition coefficient (Wildman–Crippen LogP) is 3.84. The quantitative estimate of drug-likeness (QED) is 0.794. The van der Waals surface area contributed by atoms with Gasteiger partial charge in [-0.3, -0.25) is 4.98 Å². The van der Waals surface area contributed by atoms with E-state index in [0.717, 1.165) is 33.8 Å². The number of carbonyl (C=O) groups is 1. The first-order chi connectivity index (χ1) is 11.7. The summed E-state index contributed by atoms with van der Waals surface area (Å²) in [5.74, 6) is 0.517. The zero-order chi connectivity index (χ0) is 16.5. The Hall–Kier alpha value is -3.34. The molecule has 0 spiro atoms. The van der Waals surface area contributed by atoms with Gasteiger partial charge < -0.3 is 14.6 Å². The third-order valence-electron chi connectivity index (χ3n) is 3.91. The molecule has 118 valence electrons. The van der Waals surface area contributed by atoms with Crippen LogP contribution in [0.5, 0.6) is 11.5 Å². The number of fused-ring (bicyclic) bond motifs is 1. The van der Waals surface area contributed by atoms with Crippen molar-refractivity contribution in [2.45, 2.75) is 0 Å². The Bertz CT molecular complexity index is 919. The summed E-state index contributed by atoms with van der Waals surface area (Å²) < 4.78 is 10.7. The lowest BCUT2D eigenvalue weighted by Gasteiger charge is -2.06. The van der Waals surface area contributed by atoms with Crippen molar-refractivity contribution in [3.05, 3.63) is 66.5 Å². The number of ether oxygens (including phenoxy) is 2. The van der Waals surface area contributed by atoms with Crippen LogP contribution in [0.4, 0.5) is 0 Å². The fourth-order valence-corrected chi connectivity index (χ4v) is 2.65. The molecule has 0 radical (unpaired) electrons. The minimum Gasteiger partial charge on any atom is -0.478 e. The highest BCUT2D eigenvalue weighted by Gasteiger charge is 2.14. The van der Waals surface area contributed by atoms with Gasteiger partial charge in [0.2, 0.25) is 6.79 Å². The fraction of sp³-hybridized carbons (Fsp3) is 0.0526. The van der Waals surface area contributed by atoms with E-state index in [9.17, 15) is 4.79 Å². The number of rotatable bonds is 3. The predicted molar refractivity (Wildman–Crippen MR) is 88.2 cm³/mol. The van der Waals surface area contributed by atoms with Crippen LogP contribution in [0.1, 0.15) is 10.4 Å². The summed E-state index contributed by atoms with van der Waals surface area (Å²) in [6.07, 6.45) is 2.99. The number of carboxylic acids is 1. The lowest BCUT2D eigenvalue weighted by atomic mass is 10.0. The third kappa shape index (κ3) is 2.56. The first-order valence-corrected chi connectivity index (χ1v) is 7.39. The van der Waals surface area contributed by atoms with Crippen molar-refractivity contribution in [1.29, 1.82) is 0 Å². The van der Waals surface area contributed by atoms with Gasteiger partial charge in [0.05, 0.1) is 5.56 Å². The van der Waals surface area contributed by atoms with Crippen LogP contribution in [0.3, 0.4) is 0 Å². The number of aromatic carboxylic acids is 1. The monoisotopic (exact) mass is 319 g/mol. The van der Waals surface area contributed by atoms with Crippen LogP contribution in [0, 0.1) is 0 Å². The summed E-state index contributed by atoms with van der Waals surface area (Å²) in [5, 5.41) is 9.06. The lowest BCUT2D eigenvalue weighted by Crippen LogP contribution is -1.97. The molecule has 1 N–H and O–H groups in total. The summed E-state index contributed by atoms with van der Waals surface area (Å²) in [5.41, 5.74) is 3.93. The van der Waals surface area contributed by atoms with Crippen molar-refractivity contribution in [1.82, 2.24) is 4.98 Å². The van der Waals surface area contributed by atoms with E-state index in [2.05, 4.69) is 4.98 Å². The largest absolute Gasteiger partial charge is 0.478 e. The molecule has 1 aliphatic rings. The zero-order valence-corrected chi connectivity index (χ0v) is 12.6. The van der Waals surface area contributed by atoms with E-state index in [-0.39, 0.29) is 12.4 Å². The molecule has 0 amide bonds. The van der Waals surface area contributed by atoms with E-state index in [1.165, 1.54) is 6.20 Å². The fourth-order valence-electron chi connectivity index (χ4n) is 2.65. The van der Waals surface area contributed by atoms with Crippen LogP contribution in [-0.4, -0.2) is 22.9 Å². The second-order valence-corrected chi connectivity index (χ2v) is 5.41. The molecule has 0 unspecified atom stereocenters. The topological polar surface area (TPSA) is 68.7 Å². The molecular weight excluding hydrogens is 306 g/mol. The number of aromatic nitrogens is 1. The van der Waals surface area contributed by atoms with Gasteiger partial charge in [-0.05, 0) is 34.9 Å². The summed E-state index contributed by atoms with van der Waals surface area (Å²) >= 11 is 0. The Kier molecular flexibility index (Phi) is 3.39. The molecule has 5 nitrogen and oxygen atoms in total. The second-order valence-electron chi connectivity index (χ2n) is 5.41. The third-order valence-corrected chi connectivity index (χ3v) is 3.91. The van der Waals surface area contributed by atoms with Crippen LogP contribution in [0.15, 0.2) is 60.9 Å². The lowest BCUT2D eigenvalue weighted by molar-refractivity contribution is 0.0696. The first kappa shape index (κ1) is 14.3. The van der Waals surface area contributed by atoms with Gasteiger partial charge in [-0.25, -0.2) is 4.79 Å². The average molecular weight is 319 g/mol. The molecule has 4 rings (SSSR count). The van der Waals surface area contributed by atoms with E-state index in [4.69, 9.17) is 14.6 Å². The molecule has 24 heavy (non-hydrogen) atoms. The van der Waals surface area contributed by atoms with Crippen LogP contribution in [0.25, 0.3) is 22.3 Å². The van der Waals surface area contributed by atoms with Gasteiger partial charge in [0.15, 0.2) is 11.5 Å². The highest BCUT2D eigenvalue weighted by molar-refractivity contribution is 5.89. The molecule has 0 atom stereocenters. The van der Waals surface area contributed by atoms with Crippen molar-refractivity contribution in [3.63, 3.8) is 0 Å². The standard InChI is InChI=1S/C19H13NO4/c21-19(22)16-7-15(9-20-10-16)13-3-1-12(2-4-13)14-5-6-17-18(8-14)24-11-23-17/h1-10H,11H2,(H,21,22). The average Bonchev–Trinajstić information content (AvgIpc) is 3.09. The number of carboxylic acid groups (broad SMARTS) is 1. The van der Waals surface area contributed by atoms with Crippen LogP contribution in [0.2, 0.25) is 0 Å². The van der Waals surface area contributed by atoms with Crippen molar-refractivity contribution in [2.24, 2.45) is 0 Å². The zero-order valence-electron chi connectivity index (χ0n) is 12.6. The molecule has 0 saturated heterocycles. The number of hydrogen-bond acceptors (Lipinski definition) is 4. The molecule has 1 aliphatic heterocycles. The van der Waals surface area contributed by atoms with Gasteiger partial charge >= 0.3 is 5.97 Å². The maximum atomic E-state index is 11.1. The van der Waals surface area contributed by atoms with Crippen LogP contribution in [-0.2, 0) is 0 Å². The molecule has 2 heterocycles. The molecule has 0 saturated carbocycles. The number of benzene rings is 2. The molecule has 5 heteroatoms. The van der Waals surface area contributed by atoms with Gasteiger partial charge in [0.1, 0.15) is 0 Å². The SMILES string of the molecule is O=C(O)c1cncc(-c2ccc(-c3ccc4c(c3)OCO4)cc2)c1. The van der Waals surface area contributed by atoms with Crippen molar-refractivity contribution in [2.75, 3.05) is 6.79 Å². The van der Waals surface area contributed by atoms with Crippen molar-refractivity contribution in [3.8, 4) is 33.8 Å². The molecule has 0 bridgehead atoms. The minimum absolute atomic E-state index is 0.173. The molecule has 3 aromatic rings. The summed E-state index contributed by atoms with van der Waals surface area (Å²) in [6.45, 7) is 0.255. The molecule has 2 aromatic carbocycles. The number of nitrogens with zero attached hydrogens (tertiary/aromatic N) is 1. The molecular formula is C19H13NO4. The van der Waals surface area contributed by atoms with Crippen LogP contribution < -0.4 is 9.47 Å². The highest BCUT2D eigenvalue weighted by Crippen LogP contribution is 2.36. The highest BCUT2D eigenvalue weighted by atomic mass is 16.7. The van der Waals surface area contributed by atoms with Gasteiger partial charge in [-0.15, -0.1) is 0 Å². The minimum atomic E-state index is -0.985. The Morgan fingerprint density at radius 1 is 0.833 bits per heavy atom. The van der Waals surface area contributed by atoms with E-state index in [1.807, 2.05) is 42.5 Å². The second kappa shape index (κ2) is 5.70. The first-order valence-electron chi connectivity index (χ1n) is 7.39. The van der Waals surface area contributed by atoms with E-state index in [1.54, 1.807) is 12.3 Å². The van der Waals surface area contributed by atoms with Gasteiger partial charge in [-0.1, -0.05) is 30.3 Å². The summed E-state index contributed by atoms with van der Waals surface area (Å²) in [7, 11) is 0. The summed E-state index contributed by atoms with van der Waals surface area (Å²) in [6, 6.07) is 15.3.